The van der Waals surface area contributed by atoms with Gasteiger partial charge in [0.05, 0.1) is 0 Å². The van der Waals surface area contributed by atoms with Crippen molar-refractivity contribution in [3.05, 3.63) is 12.4 Å². The third kappa shape index (κ3) is 4.44. The van der Waals surface area contributed by atoms with Gasteiger partial charge >= 0.3 is 6.18 Å². The lowest BCUT2D eigenvalue weighted by Gasteiger charge is -2.15. The van der Waals surface area contributed by atoms with Crippen molar-refractivity contribution in [3.8, 4) is 0 Å². The van der Waals surface area contributed by atoms with Gasteiger partial charge < -0.3 is 9.88 Å². The maximum atomic E-state index is 12.0. The van der Waals surface area contributed by atoms with Gasteiger partial charge in [0.15, 0.2) is 0 Å². The Bertz CT molecular complexity index is 381. The maximum Gasteiger partial charge on any atom is 0.389 e. The molecule has 0 spiro atoms. The molecule has 0 atom stereocenters. The fraction of sp³-hybridized carbons (Fsp3) is 0.769. The van der Waals surface area contributed by atoms with Crippen LogP contribution in [0.15, 0.2) is 12.4 Å². The lowest BCUT2D eigenvalue weighted by molar-refractivity contribution is -0.135. The second-order valence-corrected chi connectivity index (χ2v) is 5.10. The number of halogens is 3. The van der Waals surface area contributed by atoms with Crippen molar-refractivity contribution in [2.45, 2.75) is 57.2 Å². The highest BCUT2D eigenvalue weighted by molar-refractivity contribution is 5.26. The summed E-state index contributed by atoms with van der Waals surface area (Å²) in [6.07, 6.45) is 4.45. The van der Waals surface area contributed by atoms with Gasteiger partial charge in [0.1, 0.15) is 0 Å². The molecule has 108 valence electrons. The Hall–Kier alpha value is -1.20. The first-order chi connectivity index (χ1) is 9.06. The zero-order valence-electron chi connectivity index (χ0n) is 10.9. The maximum absolute atomic E-state index is 12.0. The van der Waals surface area contributed by atoms with Crippen molar-refractivity contribution >= 4 is 5.95 Å². The van der Waals surface area contributed by atoms with E-state index < -0.39 is 12.6 Å². The zero-order chi connectivity index (χ0) is 13.7. The Morgan fingerprint density at radius 3 is 2.68 bits per heavy atom. The van der Waals surface area contributed by atoms with Crippen LogP contribution in [0, 0.1) is 0 Å². The second kappa shape index (κ2) is 6.30. The van der Waals surface area contributed by atoms with Crippen molar-refractivity contribution in [2.75, 3.05) is 11.9 Å². The molecule has 1 aliphatic rings. The molecule has 19 heavy (non-hydrogen) atoms. The third-order valence-electron chi connectivity index (χ3n) is 3.56. The van der Waals surface area contributed by atoms with Crippen molar-refractivity contribution in [3.63, 3.8) is 0 Å². The molecule has 0 saturated heterocycles. The lowest BCUT2D eigenvalue weighted by Crippen LogP contribution is -2.13. The van der Waals surface area contributed by atoms with E-state index in [4.69, 9.17) is 0 Å². The van der Waals surface area contributed by atoms with E-state index in [-0.39, 0.29) is 6.42 Å². The van der Waals surface area contributed by atoms with Gasteiger partial charge in [-0.2, -0.15) is 13.2 Å². The van der Waals surface area contributed by atoms with Crippen LogP contribution in [0.5, 0.6) is 0 Å². The summed E-state index contributed by atoms with van der Waals surface area (Å²) in [6, 6.07) is 0.500. The fourth-order valence-corrected chi connectivity index (χ4v) is 2.58. The van der Waals surface area contributed by atoms with E-state index in [1.807, 2.05) is 6.20 Å². The highest BCUT2D eigenvalue weighted by Gasteiger charge is 2.25. The molecule has 1 aromatic heterocycles. The lowest BCUT2D eigenvalue weighted by atomic mass is 10.2. The number of imidazole rings is 1. The zero-order valence-corrected chi connectivity index (χ0v) is 10.9. The Morgan fingerprint density at radius 1 is 1.26 bits per heavy atom. The van der Waals surface area contributed by atoms with Crippen LogP contribution >= 0.6 is 0 Å². The van der Waals surface area contributed by atoms with Crippen LogP contribution in [-0.4, -0.2) is 22.3 Å². The Balaban J connectivity index is 1.73. The van der Waals surface area contributed by atoms with Gasteiger partial charge in [-0.05, 0) is 25.7 Å². The van der Waals surface area contributed by atoms with E-state index in [0.29, 0.717) is 19.0 Å². The van der Waals surface area contributed by atoms with E-state index in [2.05, 4.69) is 14.9 Å². The molecule has 2 rings (SSSR count). The van der Waals surface area contributed by atoms with Gasteiger partial charge in [-0.3, -0.25) is 0 Å². The third-order valence-corrected chi connectivity index (χ3v) is 3.56. The first-order valence-electron chi connectivity index (χ1n) is 6.90. The average molecular weight is 275 g/mol. The molecular formula is C13H20F3N3. The minimum Gasteiger partial charge on any atom is -0.356 e. The number of nitrogens with zero attached hydrogens (tertiary/aromatic N) is 2. The van der Waals surface area contributed by atoms with E-state index >= 15 is 0 Å². The van der Waals surface area contributed by atoms with Gasteiger partial charge in [-0.25, -0.2) is 4.98 Å². The SMILES string of the molecule is FC(F)(F)CCCCNc1nccn1C1CCCC1. The average Bonchev–Trinajstić information content (AvgIpc) is 2.96. The van der Waals surface area contributed by atoms with Crippen molar-refractivity contribution in [1.29, 1.82) is 0 Å². The first-order valence-corrected chi connectivity index (χ1v) is 6.90. The molecule has 1 aromatic rings. The smallest absolute Gasteiger partial charge is 0.356 e. The van der Waals surface area contributed by atoms with Gasteiger partial charge in [0, 0.05) is 31.4 Å². The molecule has 0 bridgehead atoms. The van der Waals surface area contributed by atoms with Crippen LogP contribution in [0.2, 0.25) is 0 Å². The summed E-state index contributed by atoms with van der Waals surface area (Å²) in [4.78, 5) is 4.24. The molecule has 0 unspecified atom stereocenters. The Morgan fingerprint density at radius 2 is 2.00 bits per heavy atom. The summed E-state index contributed by atoms with van der Waals surface area (Å²) in [5.74, 6) is 0.791. The van der Waals surface area contributed by atoms with Crippen LogP contribution in [0.4, 0.5) is 19.1 Å². The molecule has 1 saturated carbocycles. The Kier molecular flexibility index (Phi) is 4.71. The number of rotatable bonds is 6. The summed E-state index contributed by atoms with van der Waals surface area (Å²) in [7, 11) is 0. The second-order valence-electron chi connectivity index (χ2n) is 5.10. The molecule has 6 heteroatoms. The molecule has 0 radical (unpaired) electrons. The van der Waals surface area contributed by atoms with E-state index in [1.54, 1.807) is 6.20 Å². The monoisotopic (exact) mass is 275 g/mol. The molecule has 0 aromatic carbocycles. The van der Waals surface area contributed by atoms with E-state index in [1.165, 1.54) is 25.7 Å². The van der Waals surface area contributed by atoms with Crippen molar-refractivity contribution in [2.24, 2.45) is 0 Å². The van der Waals surface area contributed by atoms with Crippen LogP contribution in [0.3, 0.4) is 0 Å². The molecule has 1 fully saturated rings. The molecule has 0 aliphatic heterocycles. The molecule has 3 nitrogen and oxygen atoms in total. The number of nitrogens with one attached hydrogen (secondary N) is 1. The quantitative estimate of drug-likeness (QED) is 0.791. The molecule has 1 heterocycles. The highest BCUT2D eigenvalue weighted by atomic mass is 19.4. The van der Waals surface area contributed by atoms with Crippen LogP contribution in [0.25, 0.3) is 0 Å². The van der Waals surface area contributed by atoms with Gasteiger partial charge in [-0.1, -0.05) is 12.8 Å². The first kappa shape index (κ1) is 14.2. The van der Waals surface area contributed by atoms with E-state index in [9.17, 15) is 13.2 Å². The van der Waals surface area contributed by atoms with Crippen LogP contribution in [-0.2, 0) is 0 Å². The normalized spacial score (nSPS) is 17.0. The predicted molar refractivity (Wildman–Crippen MR) is 68.1 cm³/mol. The predicted octanol–water partition coefficient (Wildman–Crippen LogP) is 4.14. The summed E-state index contributed by atoms with van der Waals surface area (Å²) >= 11 is 0. The highest BCUT2D eigenvalue weighted by Crippen LogP contribution is 2.31. The van der Waals surface area contributed by atoms with Crippen LogP contribution < -0.4 is 5.32 Å². The summed E-state index contributed by atoms with van der Waals surface area (Å²) in [6.45, 7) is 0.541. The molecule has 1 N–H and O–H groups in total. The van der Waals surface area contributed by atoms with Gasteiger partial charge in [0.2, 0.25) is 5.95 Å². The minimum atomic E-state index is -4.04. The number of aromatic nitrogens is 2. The summed E-state index contributed by atoms with van der Waals surface area (Å²) < 4.78 is 38.1. The minimum absolute atomic E-state index is 0.167. The fourth-order valence-electron chi connectivity index (χ4n) is 2.58. The number of alkyl halides is 3. The Labute approximate surface area is 111 Å². The number of unbranched alkanes of at least 4 members (excludes halogenated alkanes) is 1. The standard InChI is InChI=1S/C13H20F3N3/c14-13(15,16)7-3-4-8-17-12-18-9-10-19(12)11-5-1-2-6-11/h9-11H,1-8H2,(H,17,18). The van der Waals surface area contributed by atoms with Gasteiger partial charge in [-0.15, -0.1) is 0 Å². The molecular weight excluding hydrogens is 255 g/mol. The number of anilines is 1. The summed E-state index contributed by atoms with van der Waals surface area (Å²) in [5, 5.41) is 3.14. The van der Waals surface area contributed by atoms with Crippen molar-refractivity contribution in [1.82, 2.24) is 9.55 Å². The van der Waals surface area contributed by atoms with Gasteiger partial charge in [0.25, 0.3) is 0 Å². The summed E-state index contributed by atoms with van der Waals surface area (Å²) in [5.41, 5.74) is 0. The molecule has 1 aliphatic carbocycles. The molecule has 0 amide bonds. The number of hydrogen-bond acceptors (Lipinski definition) is 2. The largest absolute Gasteiger partial charge is 0.389 e. The van der Waals surface area contributed by atoms with Crippen LogP contribution in [0.1, 0.15) is 51.0 Å². The van der Waals surface area contributed by atoms with E-state index in [0.717, 1.165) is 5.95 Å². The topological polar surface area (TPSA) is 29.9 Å². The number of hydrogen-bond donors (Lipinski definition) is 1. The van der Waals surface area contributed by atoms with Crippen molar-refractivity contribution < 1.29 is 13.2 Å².